The summed E-state index contributed by atoms with van der Waals surface area (Å²) in [4.78, 5) is 12.7. The van der Waals surface area contributed by atoms with Gasteiger partial charge in [-0.3, -0.25) is 9.36 Å². The highest BCUT2D eigenvalue weighted by molar-refractivity contribution is 7.90. The average Bonchev–Trinajstić information content (AvgIpc) is 3.84. The molecule has 22 heteroatoms. The topological polar surface area (TPSA) is 263 Å². The predicted molar refractivity (Wildman–Crippen MR) is 231 cm³/mol. The zero-order valence-electron chi connectivity index (χ0n) is 37.6. The molecular weight excluding hydrogens is 879 g/mol. The van der Waals surface area contributed by atoms with Crippen LogP contribution in [0.4, 0.5) is 19.3 Å². The molecule has 6 rings (SSSR count). The predicted octanol–water partition coefficient (Wildman–Crippen LogP) is 5.72. The molecule has 2 amide bonds. The van der Waals surface area contributed by atoms with Crippen LogP contribution in [0.25, 0.3) is 0 Å². The van der Waals surface area contributed by atoms with Crippen molar-refractivity contribution < 1.29 is 54.8 Å². The van der Waals surface area contributed by atoms with Gasteiger partial charge >= 0.3 is 6.03 Å². The van der Waals surface area contributed by atoms with E-state index in [2.05, 4.69) is 15.5 Å². The van der Waals surface area contributed by atoms with E-state index < -0.39 is 48.1 Å². The minimum absolute atomic E-state index is 0.0343. The highest BCUT2D eigenvalue weighted by Crippen LogP contribution is 2.37. The molecule has 0 atom stereocenters. The maximum absolute atomic E-state index is 14.1. The molecule has 2 aliphatic rings. The van der Waals surface area contributed by atoms with Crippen molar-refractivity contribution in [1.82, 2.24) is 24.3 Å². The summed E-state index contributed by atoms with van der Waals surface area (Å²) in [6.45, 7) is 19.9. The summed E-state index contributed by atoms with van der Waals surface area (Å²) in [5, 5.41) is 44.0. The number of primary sulfonamides is 1. The van der Waals surface area contributed by atoms with E-state index in [1.54, 1.807) is 20.1 Å². The van der Waals surface area contributed by atoms with E-state index in [0.717, 1.165) is 11.1 Å². The number of carbonyl (C=O) groups is 1. The third-order valence-corrected chi connectivity index (χ3v) is 12.4. The number of halogens is 2. The Morgan fingerprint density at radius 3 is 1.47 bits per heavy atom. The van der Waals surface area contributed by atoms with Gasteiger partial charge in [0.25, 0.3) is 26.3 Å². The summed E-state index contributed by atoms with van der Waals surface area (Å²) in [7, 11) is -8.17. The van der Waals surface area contributed by atoms with Crippen LogP contribution >= 0.6 is 0 Å². The minimum Gasteiger partial charge on any atom is -0.387 e. The zero-order chi connectivity index (χ0) is 48.1. The van der Waals surface area contributed by atoms with Crippen molar-refractivity contribution in [2.24, 2.45) is 5.14 Å². The third kappa shape index (κ3) is 11.8. The maximum atomic E-state index is 14.1. The lowest BCUT2D eigenvalue weighted by atomic mass is 9.92. The van der Waals surface area contributed by atoms with Crippen LogP contribution in [0.3, 0.4) is 0 Å². The molecule has 352 valence electrons. The lowest BCUT2D eigenvalue weighted by Crippen LogP contribution is -2.48. The molecule has 0 bridgehead atoms. The summed E-state index contributed by atoms with van der Waals surface area (Å²) < 4.78 is 95.1. The highest BCUT2D eigenvalue weighted by atomic mass is 32.2. The number of nitriles is 1. The molecule has 4 aromatic rings. The highest BCUT2D eigenvalue weighted by Gasteiger charge is 2.43. The fourth-order valence-electron chi connectivity index (χ4n) is 6.85. The second-order valence-electron chi connectivity index (χ2n) is 16.7. The summed E-state index contributed by atoms with van der Waals surface area (Å²) in [5.41, 5.74) is 1.24. The van der Waals surface area contributed by atoms with Crippen LogP contribution in [0.2, 0.25) is 0 Å². The van der Waals surface area contributed by atoms with E-state index in [9.17, 15) is 40.6 Å². The Morgan fingerprint density at radius 2 is 1.14 bits per heavy atom. The largest absolute Gasteiger partial charge is 0.387 e. The number of anilines is 1. The van der Waals surface area contributed by atoms with Crippen molar-refractivity contribution in [1.29, 1.82) is 5.26 Å². The number of rotatable bonds is 13. The Balaban J connectivity index is 0.000000234. The van der Waals surface area contributed by atoms with E-state index in [-0.39, 0.29) is 60.9 Å². The number of aromatic nitrogens is 4. The standard InChI is InChI=1S/C21H29FN4O5S.C13H16FNO.C8H13N3O4S/c1-6-26-17(21(28)10-31-11-21)9-18(24-26)32(29,30)25-20(27)23-19-15(12(2)3)7-14(22)8-16(19)13(4)5;1-8(2)11-5-10(14)6-12(9(3)4)13(11)16-7-15;1-2-11-6(8(12)4-15-5-8)3-7(10-11)16(9,13)14/h7-9,12-13,28H,6,10-11H2,1-5H3,(H2,23,25,27);5-6,8-9H,1-4H3;3,12H,2,4-5H2,1H3,(H2,9,13,14). The van der Waals surface area contributed by atoms with Crippen LogP contribution in [0.15, 0.2) is 46.5 Å². The van der Waals surface area contributed by atoms with Gasteiger partial charge in [-0.15, -0.1) is 5.26 Å². The Hall–Kier alpha value is -5.02. The monoisotopic (exact) mass is 936 g/mol. The van der Waals surface area contributed by atoms with Crippen molar-refractivity contribution in [3.05, 3.63) is 81.7 Å². The Morgan fingerprint density at radius 1 is 0.766 bits per heavy atom. The molecule has 0 radical (unpaired) electrons. The maximum Gasteiger partial charge on any atom is 0.333 e. The van der Waals surface area contributed by atoms with Crippen LogP contribution in [0, 0.1) is 23.2 Å². The molecule has 2 fully saturated rings. The first kappa shape index (κ1) is 51.6. The third-order valence-electron chi connectivity index (χ3n) is 10.4. The number of hydrogen-bond acceptors (Lipinski definition) is 13. The van der Waals surface area contributed by atoms with Gasteiger partial charge in [-0.25, -0.2) is 31.9 Å². The van der Waals surface area contributed by atoms with Crippen LogP contribution in [0.1, 0.15) is 127 Å². The van der Waals surface area contributed by atoms with E-state index in [0.29, 0.717) is 47.0 Å². The van der Waals surface area contributed by atoms with E-state index in [1.807, 2.05) is 60.1 Å². The second kappa shape index (κ2) is 20.4. The summed E-state index contributed by atoms with van der Waals surface area (Å²) in [5.74, 6) is -0.169. The fraction of sp³-hybridized carbons (Fsp3) is 0.524. The minimum atomic E-state index is -4.33. The molecular formula is C42H58F2N8O10S2. The van der Waals surface area contributed by atoms with Gasteiger partial charge in [0.1, 0.15) is 17.4 Å². The number of amides is 2. The van der Waals surface area contributed by atoms with E-state index in [4.69, 9.17) is 24.6 Å². The molecule has 0 spiro atoms. The van der Waals surface area contributed by atoms with Gasteiger partial charge in [0.15, 0.2) is 21.3 Å². The lowest BCUT2D eigenvalue weighted by Gasteiger charge is -2.36. The van der Waals surface area contributed by atoms with Crippen molar-refractivity contribution >= 4 is 31.8 Å². The summed E-state index contributed by atoms with van der Waals surface area (Å²) >= 11 is 0. The van der Waals surface area contributed by atoms with Gasteiger partial charge < -0.3 is 29.7 Å². The van der Waals surface area contributed by atoms with Gasteiger partial charge in [-0.05, 0) is 72.9 Å². The SMILES string of the molecule is CC(C)c1cc(F)cc(C(C)C)c1OC#N.CCn1nc(S(=O)(=O)NC(=O)Nc2c(C(C)C)cc(F)cc2C(C)C)cc1C1(O)COC1.CCn1nc(S(N)(=O)=O)cc1C1(O)COC1. The van der Waals surface area contributed by atoms with Crippen molar-refractivity contribution in [2.45, 2.75) is 127 Å². The van der Waals surface area contributed by atoms with E-state index in [1.165, 1.54) is 45.8 Å². The number of carbonyl (C=O) groups excluding carboxylic acids is 1. The van der Waals surface area contributed by atoms with Crippen molar-refractivity contribution in [3.8, 4) is 12.0 Å². The second-order valence-corrected chi connectivity index (χ2v) is 19.8. The first-order chi connectivity index (χ1) is 29.7. The van der Waals surface area contributed by atoms with Gasteiger partial charge in [0.2, 0.25) is 0 Å². The molecule has 2 saturated heterocycles. The van der Waals surface area contributed by atoms with Crippen LogP contribution < -0.4 is 19.9 Å². The zero-order valence-corrected chi connectivity index (χ0v) is 39.2. The summed E-state index contributed by atoms with van der Waals surface area (Å²) in [6.07, 6.45) is 1.67. The quantitative estimate of drug-likeness (QED) is 0.101. The van der Waals surface area contributed by atoms with Crippen LogP contribution in [0.5, 0.6) is 5.75 Å². The van der Waals surface area contributed by atoms with E-state index >= 15 is 0 Å². The molecule has 0 saturated carbocycles. The number of hydrogen-bond donors (Lipinski definition) is 5. The van der Waals surface area contributed by atoms with Gasteiger partial charge in [-0.2, -0.15) is 18.6 Å². The number of aryl methyl sites for hydroxylation is 2. The number of sulfonamides is 2. The fourth-order valence-corrected chi connectivity index (χ4v) is 8.21. The van der Waals surface area contributed by atoms with Crippen LogP contribution in [-0.4, -0.2) is 79.1 Å². The number of nitrogens with zero attached hydrogens (tertiary/aromatic N) is 5. The Labute approximate surface area is 372 Å². The number of urea groups is 1. The smallest absolute Gasteiger partial charge is 0.333 e. The normalized spacial score (nSPS) is 15.3. The summed E-state index contributed by atoms with van der Waals surface area (Å²) in [6, 6.07) is 7.07. The number of nitrogens with two attached hydrogens (primary N) is 1. The van der Waals surface area contributed by atoms with Gasteiger partial charge in [0.05, 0.1) is 37.8 Å². The molecule has 4 heterocycles. The molecule has 64 heavy (non-hydrogen) atoms. The molecule has 18 nitrogen and oxygen atoms in total. The van der Waals surface area contributed by atoms with Gasteiger partial charge in [0, 0.05) is 42.0 Å². The Bertz CT molecular complexity index is 2520. The number of benzene rings is 2. The van der Waals surface area contributed by atoms with Crippen molar-refractivity contribution in [3.63, 3.8) is 0 Å². The average molecular weight is 937 g/mol. The molecule has 2 aliphatic heterocycles. The molecule has 0 aliphatic carbocycles. The molecule has 2 aromatic heterocycles. The molecule has 0 unspecified atom stereocenters. The van der Waals surface area contributed by atoms with Crippen LogP contribution in [-0.2, 0) is 53.8 Å². The first-order valence-electron chi connectivity index (χ1n) is 20.6. The van der Waals surface area contributed by atoms with Gasteiger partial charge in [-0.1, -0.05) is 55.4 Å². The Kier molecular flexibility index (Phi) is 16.5. The first-order valence-corrected chi connectivity index (χ1v) is 23.6. The lowest BCUT2D eigenvalue weighted by molar-refractivity contribution is -0.188. The number of aliphatic hydroxyl groups is 2. The number of nitrogens with one attached hydrogen (secondary N) is 2. The van der Waals surface area contributed by atoms with Crippen molar-refractivity contribution in [2.75, 3.05) is 31.7 Å². The number of ether oxygens (including phenoxy) is 3. The molecule has 2 aromatic carbocycles. The molecule has 6 N–H and O–H groups in total.